The molecule has 0 unspecified atom stereocenters. The van der Waals surface area contributed by atoms with Gasteiger partial charge in [0.15, 0.2) is 10.3 Å². The van der Waals surface area contributed by atoms with E-state index in [1.165, 1.54) is 71.2 Å². The second-order valence-electron chi connectivity index (χ2n) is 6.06. The molecule has 0 aliphatic heterocycles. The maximum Gasteiger partial charge on any atom is 0.418 e. The Bertz CT molecular complexity index is 1300. The number of aromatic nitrogens is 2. The monoisotopic (exact) mass is 566 g/mol. The third-order valence-electron chi connectivity index (χ3n) is 3.60. The molecule has 17 heteroatoms. The first-order valence-electron chi connectivity index (χ1n) is 9.53. The van der Waals surface area contributed by atoms with Gasteiger partial charge in [0.1, 0.15) is 11.5 Å². The molecule has 2 aromatic heterocycles. The van der Waals surface area contributed by atoms with Crippen LogP contribution in [0.25, 0.3) is 0 Å². The first-order chi connectivity index (χ1) is 17.6. The lowest BCUT2D eigenvalue weighted by Gasteiger charge is -2.03. The van der Waals surface area contributed by atoms with Crippen molar-refractivity contribution in [2.75, 3.05) is 11.1 Å². The number of nitrogens with two attached hydrogens (primary N) is 1. The molecule has 192 valence electrons. The molecule has 3 N–H and O–H groups in total. The molecular weight excluding hydrogens is 552 g/mol. The first kappa shape index (κ1) is 28.6. The molecule has 0 aliphatic carbocycles. The average Bonchev–Trinajstić information content (AvgIpc) is 3.54. The number of rotatable bonds is 5. The number of nitrogens with zero attached hydrogens (tertiary/aromatic N) is 4. The second-order valence-corrected chi connectivity index (χ2v) is 8.19. The van der Waals surface area contributed by atoms with Crippen LogP contribution in [0.5, 0.6) is 11.5 Å². The molecular formula is C20H15ClN6O8S2. The smallest absolute Gasteiger partial charge is 0.414 e. The van der Waals surface area contributed by atoms with Crippen LogP contribution in [0.4, 0.5) is 31.2 Å². The summed E-state index contributed by atoms with van der Waals surface area (Å²) in [5.41, 5.74) is 4.07. The summed E-state index contributed by atoms with van der Waals surface area (Å²) in [4.78, 5) is 48.8. The van der Waals surface area contributed by atoms with Gasteiger partial charge in [-0.25, -0.2) is 19.6 Å². The molecule has 0 aliphatic rings. The topological polar surface area (TPSA) is 203 Å². The van der Waals surface area contributed by atoms with Gasteiger partial charge < -0.3 is 15.2 Å². The number of halogens is 1. The summed E-state index contributed by atoms with van der Waals surface area (Å²) in [7, 11) is 0. The average molecular weight is 567 g/mol. The van der Waals surface area contributed by atoms with Gasteiger partial charge in [0.05, 0.1) is 9.85 Å². The van der Waals surface area contributed by atoms with E-state index < -0.39 is 21.4 Å². The lowest BCUT2D eigenvalue weighted by atomic mass is 10.3. The summed E-state index contributed by atoms with van der Waals surface area (Å²) in [5.74, 6) is 0.389. The number of non-ortho nitro benzene ring substituents is 2. The van der Waals surface area contributed by atoms with E-state index in [1.54, 1.807) is 17.8 Å². The van der Waals surface area contributed by atoms with Gasteiger partial charge in [-0.1, -0.05) is 0 Å². The minimum atomic E-state index is -0.978. The predicted octanol–water partition coefficient (Wildman–Crippen LogP) is 5.72. The first-order valence-corrected chi connectivity index (χ1v) is 11.7. The second kappa shape index (κ2) is 14.7. The Labute approximate surface area is 220 Å². The molecule has 0 bridgehead atoms. The number of ether oxygens (including phenoxy) is 2. The summed E-state index contributed by atoms with van der Waals surface area (Å²) in [5, 5.41) is 27.7. The summed E-state index contributed by atoms with van der Waals surface area (Å²) in [6.07, 6.45) is 2.53. The van der Waals surface area contributed by atoms with E-state index in [0.717, 1.165) is 0 Å². The zero-order valence-corrected chi connectivity index (χ0v) is 20.6. The normalized spacial score (nSPS) is 9.43. The third-order valence-corrected chi connectivity index (χ3v) is 4.97. The number of carbonyl (C=O) groups is 2. The fourth-order valence-electron chi connectivity index (χ4n) is 2.10. The van der Waals surface area contributed by atoms with Crippen molar-refractivity contribution in [2.24, 2.45) is 0 Å². The molecule has 37 heavy (non-hydrogen) atoms. The SMILES string of the molecule is Nc1nccs1.O=C(Cl)Oc1ccc([N+](=O)[O-])cc1.O=C(Nc1nccs1)Oc1ccc([N+](=O)[O-])cc1. The highest BCUT2D eigenvalue weighted by Crippen LogP contribution is 2.19. The van der Waals surface area contributed by atoms with Gasteiger partial charge in [-0.05, 0) is 24.3 Å². The number of hydrogen-bond acceptors (Lipinski definition) is 13. The highest BCUT2D eigenvalue weighted by Gasteiger charge is 2.09. The Kier molecular flexibility index (Phi) is 11.3. The van der Waals surface area contributed by atoms with E-state index in [0.29, 0.717) is 10.3 Å². The van der Waals surface area contributed by atoms with E-state index in [4.69, 9.17) is 22.1 Å². The molecule has 1 amide bonds. The number of benzene rings is 2. The van der Waals surface area contributed by atoms with Crippen molar-refractivity contribution in [3.63, 3.8) is 0 Å². The van der Waals surface area contributed by atoms with Crippen molar-refractivity contribution in [2.45, 2.75) is 0 Å². The number of hydrogen-bond donors (Lipinski definition) is 2. The summed E-state index contributed by atoms with van der Waals surface area (Å²) >= 11 is 7.62. The van der Waals surface area contributed by atoms with Crippen molar-refractivity contribution < 1.29 is 28.9 Å². The molecule has 0 radical (unpaired) electrons. The maximum atomic E-state index is 11.4. The summed E-state index contributed by atoms with van der Waals surface area (Å²) in [6.45, 7) is 0. The zero-order valence-electron chi connectivity index (χ0n) is 18.3. The van der Waals surface area contributed by atoms with E-state index in [2.05, 4.69) is 20.0 Å². The summed E-state index contributed by atoms with van der Waals surface area (Å²) in [6, 6.07) is 10.2. The largest absolute Gasteiger partial charge is 0.418 e. The van der Waals surface area contributed by atoms with E-state index in [-0.39, 0.29) is 22.9 Å². The number of nitro groups is 2. The van der Waals surface area contributed by atoms with Crippen LogP contribution in [0.15, 0.2) is 71.7 Å². The number of amides is 1. The van der Waals surface area contributed by atoms with E-state index in [1.807, 2.05) is 5.38 Å². The van der Waals surface area contributed by atoms with Gasteiger partial charge >= 0.3 is 11.5 Å². The molecule has 2 aromatic carbocycles. The molecule has 0 saturated heterocycles. The molecule has 0 atom stereocenters. The number of nitrogen functional groups attached to an aromatic ring is 1. The number of anilines is 2. The maximum absolute atomic E-state index is 11.4. The van der Waals surface area contributed by atoms with Crippen molar-refractivity contribution >= 4 is 67.4 Å². The van der Waals surface area contributed by atoms with E-state index in [9.17, 15) is 29.8 Å². The van der Waals surface area contributed by atoms with Crippen molar-refractivity contribution in [3.05, 3.63) is 91.9 Å². The van der Waals surface area contributed by atoms with Gasteiger partial charge in [-0.15, -0.1) is 22.7 Å². The standard InChI is InChI=1S/C10H7N3O4S.C7H4ClNO4.C3H4N2S/c14-10(12-9-11-5-6-18-9)17-8-3-1-7(2-4-8)13(15)16;8-7(10)13-6-3-1-5(2-4-6)9(11)12;4-3-5-1-2-6-3/h1-6H,(H,11,12,14);1-4H;1-2H,(H2,4,5). The number of thiazole rings is 2. The lowest BCUT2D eigenvalue weighted by Crippen LogP contribution is -2.16. The molecule has 0 saturated carbocycles. The fraction of sp³-hybridized carbons (Fsp3) is 0. The van der Waals surface area contributed by atoms with Crippen LogP contribution < -0.4 is 20.5 Å². The third kappa shape index (κ3) is 11.1. The van der Waals surface area contributed by atoms with E-state index >= 15 is 0 Å². The van der Waals surface area contributed by atoms with Gasteiger partial charge in [0.2, 0.25) is 0 Å². The van der Waals surface area contributed by atoms with Gasteiger partial charge in [-0.2, -0.15) is 0 Å². The molecule has 4 rings (SSSR count). The fourth-order valence-corrected chi connectivity index (χ4v) is 3.09. The minimum Gasteiger partial charge on any atom is -0.414 e. The van der Waals surface area contributed by atoms with Crippen molar-refractivity contribution in [1.29, 1.82) is 0 Å². The van der Waals surface area contributed by atoms with Crippen molar-refractivity contribution in [1.82, 2.24) is 9.97 Å². The number of nitro benzene ring substituents is 2. The number of nitrogens with one attached hydrogen (secondary N) is 1. The van der Waals surface area contributed by atoms with Gasteiger partial charge in [0.25, 0.3) is 11.4 Å². The number of carbonyl (C=O) groups excluding carboxylic acids is 2. The van der Waals surface area contributed by atoms with Crippen molar-refractivity contribution in [3.8, 4) is 11.5 Å². The Balaban J connectivity index is 0.000000220. The predicted molar refractivity (Wildman–Crippen MR) is 136 cm³/mol. The Morgan fingerprint density at radius 1 is 0.838 bits per heavy atom. The van der Waals surface area contributed by atoms with Crippen LogP contribution in [0.1, 0.15) is 0 Å². The highest BCUT2D eigenvalue weighted by atomic mass is 35.5. The van der Waals surface area contributed by atoms with Gasteiger partial charge in [-0.3, -0.25) is 25.5 Å². The van der Waals surface area contributed by atoms with Crippen LogP contribution in [0.2, 0.25) is 0 Å². The molecule has 4 aromatic rings. The zero-order chi connectivity index (χ0) is 27.2. The highest BCUT2D eigenvalue weighted by molar-refractivity contribution is 7.13. The Morgan fingerprint density at radius 3 is 1.68 bits per heavy atom. The lowest BCUT2D eigenvalue weighted by molar-refractivity contribution is -0.385. The molecule has 0 fully saturated rings. The minimum absolute atomic E-state index is 0.0670. The molecule has 2 heterocycles. The van der Waals surface area contributed by atoms with Crippen LogP contribution in [-0.4, -0.2) is 31.3 Å². The van der Waals surface area contributed by atoms with Crippen LogP contribution >= 0.6 is 34.3 Å². The van der Waals surface area contributed by atoms with Crippen LogP contribution in [-0.2, 0) is 0 Å². The summed E-state index contributed by atoms with van der Waals surface area (Å²) < 4.78 is 9.37. The molecule has 0 spiro atoms. The Morgan fingerprint density at radius 2 is 1.32 bits per heavy atom. The van der Waals surface area contributed by atoms with Crippen LogP contribution in [0.3, 0.4) is 0 Å². The van der Waals surface area contributed by atoms with Crippen LogP contribution in [0, 0.1) is 20.2 Å². The quantitative estimate of drug-likeness (QED) is 0.170. The Hall–Kier alpha value is -4.67. The van der Waals surface area contributed by atoms with Gasteiger partial charge in [0, 0.05) is 59.0 Å². The molecule has 14 nitrogen and oxygen atoms in total.